The van der Waals surface area contributed by atoms with Crippen LogP contribution in [0.1, 0.15) is 27.7 Å². The average molecular weight is 127 g/mol. The van der Waals surface area contributed by atoms with Gasteiger partial charge in [0.15, 0.2) is 0 Å². The molecule has 0 heterocycles. The van der Waals surface area contributed by atoms with Crippen molar-refractivity contribution in [3.05, 3.63) is 10.4 Å². The first kappa shape index (κ1) is 8.31. The van der Waals surface area contributed by atoms with Gasteiger partial charge in [0.25, 0.3) is 0 Å². The molecule has 0 spiro atoms. The first-order chi connectivity index (χ1) is 3.98. The van der Waals surface area contributed by atoms with Gasteiger partial charge in [0.05, 0.1) is 0 Å². The number of nitrogens with zero attached hydrogens (tertiary/aromatic N) is 3. The molecule has 52 valence electrons. The topological polar surface area (TPSA) is 48.8 Å². The Kier molecular flexibility index (Phi) is 2.53. The second-order valence-electron chi connectivity index (χ2n) is 3.25. The molecule has 1 atom stereocenters. The quantitative estimate of drug-likeness (QED) is 0.295. The Morgan fingerprint density at radius 3 is 2.00 bits per heavy atom. The van der Waals surface area contributed by atoms with E-state index in [0.29, 0.717) is 0 Å². The second kappa shape index (κ2) is 2.74. The Balaban J connectivity index is 4.03. The summed E-state index contributed by atoms with van der Waals surface area (Å²) < 4.78 is 0. The van der Waals surface area contributed by atoms with E-state index < -0.39 is 0 Å². The van der Waals surface area contributed by atoms with Gasteiger partial charge in [-0.15, -0.1) is 0 Å². The van der Waals surface area contributed by atoms with Gasteiger partial charge in [0.2, 0.25) is 0 Å². The standard InChI is InChI=1S/C6H13N3/c1-5(8-9-7)6(2,3)4/h5H,1-4H3. The first-order valence-corrected chi connectivity index (χ1v) is 3.02. The van der Waals surface area contributed by atoms with Gasteiger partial charge in [-0.2, -0.15) is 0 Å². The molecule has 0 aromatic heterocycles. The highest BCUT2D eigenvalue weighted by Gasteiger charge is 2.17. The number of hydrogen-bond acceptors (Lipinski definition) is 1. The van der Waals surface area contributed by atoms with Crippen molar-refractivity contribution in [3.63, 3.8) is 0 Å². The summed E-state index contributed by atoms with van der Waals surface area (Å²) in [6, 6.07) is 0.0718. The molecule has 0 bridgehead atoms. The van der Waals surface area contributed by atoms with Crippen LogP contribution in [0, 0.1) is 5.41 Å². The fourth-order valence-electron chi connectivity index (χ4n) is 0.251. The molecule has 0 aliphatic heterocycles. The van der Waals surface area contributed by atoms with Crippen molar-refractivity contribution in [3.8, 4) is 0 Å². The second-order valence-corrected chi connectivity index (χ2v) is 3.25. The first-order valence-electron chi connectivity index (χ1n) is 3.02. The van der Waals surface area contributed by atoms with Crippen LogP contribution in [0.4, 0.5) is 0 Å². The van der Waals surface area contributed by atoms with Crippen LogP contribution in [0.3, 0.4) is 0 Å². The molecule has 0 radical (unpaired) electrons. The lowest BCUT2D eigenvalue weighted by molar-refractivity contribution is 0.339. The Morgan fingerprint density at radius 2 is 1.89 bits per heavy atom. The fraction of sp³-hybridized carbons (Fsp3) is 1.00. The van der Waals surface area contributed by atoms with Crippen LogP contribution in [0.2, 0.25) is 0 Å². The third-order valence-corrected chi connectivity index (χ3v) is 1.48. The molecule has 0 saturated heterocycles. The molecule has 0 rings (SSSR count). The Morgan fingerprint density at radius 1 is 1.44 bits per heavy atom. The van der Waals surface area contributed by atoms with E-state index in [0.717, 1.165) is 0 Å². The van der Waals surface area contributed by atoms with Gasteiger partial charge in [0.1, 0.15) is 0 Å². The zero-order valence-corrected chi connectivity index (χ0v) is 6.42. The molecule has 3 heteroatoms. The maximum Gasteiger partial charge on any atom is 0.0394 e. The smallest absolute Gasteiger partial charge is 0.0394 e. The van der Waals surface area contributed by atoms with Gasteiger partial charge in [-0.25, -0.2) is 0 Å². The van der Waals surface area contributed by atoms with E-state index in [1.165, 1.54) is 0 Å². The SMILES string of the molecule is CC(N=[N+]=[N-])C(C)(C)C. The Bertz CT molecular complexity index is 128. The van der Waals surface area contributed by atoms with Crippen LogP contribution >= 0.6 is 0 Å². The Labute approximate surface area is 55.7 Å². The van der Waals surface area contributed by atoms with E-state index in [-0.39, 0.29) is 11.5 Å². The zero-order chi connectivity index (χ0) is 7.49. The van der Waals surface area contributed by atoms with E-state index in [2.05, 4.69) is 10.0 Å². The fourth-order valence-corrected chi connectivity index (χ4v) is 0.251. The summed E-state index contributed by atoms with van der Waals surface area (Å²) in [5.74, 6) is 0. The molecular formula is C6H13N3. The molecule has 0 aliphatic rings. The highest BCUT2D eigenvalue weighted by Crippen LogP contribution is 2.21. The summed E-state index contributed by atoms with van der Waals surface area (Å²) in [5.41, 5.74) is 8.15. The number of rotatable bonds is 1. The Hall–Kier alpha value is -0.690. The molecule has 0 N–H and O–H groups in total. The lowest BCUT2D eigenvalue weighted by atomic mass is 9.89. The number of azide groups is 1. The third kappa shape index (κ3) is 2.98. The summed E-state index contributed by atoms with van der Waals surface area (Å²) in [7, 11) is 0. The predicted octanol–water partition coefficient (Wildman–Crippen LogP) is 2.73. The van der Waals surface area contributed by atoms with Crippen molar-refractivity contribution in [2.75, 3.05) is 0 Å². The van der Waals surface area contributed by atoms with E-state index in [1.807, 2.05) is 27.7 Å². The average Bonchev–Trinajstić information content (AvgIpc) is 1.64. The minimum atomic E-state index is 0.0718. The molecule has 0 aliphatic carbocycles. The van der Waals surface area contributed by atoms with E-state index >= 15 is 0 Å². The highest BCUT2D eigenvalue weighted by atomic mass is 15.1. The summed E-state index contributed by atoms with van der Waals surface area (Å²) in [6.45, 7) is 8.06. The lowest BCUT2D eigenvalue weighted by Gasteiger charge is -2.21. The highest BCUT2D eigenvalue weighted by molar-refractivity contribution is 4.75. The van der Waals surface area contributed by atoms with Crippen LogP contribution in [-0.2, 0) is 0 Å². The largest absolute Gasteiger partial charge is 0.0904 e. The van der Waals surface area contributed by atoms with Crippen molar-refractivity contribution in [2.45, 2.75) is 33.7 Å². The molecule has 0 aromatic rings. The van der Waals surface area contributed by atoms with Crippen molar-refractivity contribution in [2.24, 2.45) is 10.5 Å². The number of hydrogen-bond donors (Lipinski definition) is 0. The summed E-state index contributed by atoms with van der Waals surface area (Å²) >= 11 is 0. The van der Waals surface area contributed by atoms with Crippen LogP contribution in [-0.4, -0.2) is 6.04 Å². The molecule has 0 amide bonds. The van der Waals surface area contributed by atoms with Gasteiger partial charge < -0.3 is 0 Å². The zero-order valence-electron chi connectivity index (χ0n) is 6.42. The maximum atomic E-state index is 8.06. The normalized spacial score (nSPS) is 14.2. The molecular weight excluding hydrogens is 114 g/mol. The third-order valence-electron chi connectivity index (χ3n) is 1.48. The van der Waals surface area contributed by atoms with Crippen molar-refractivity contribution in [1.82, 2.24) is 0 Å². The van der Waals surface area contributed by atoms with Crippen LogP contribution < -0.4 is 0 Å². The molecule has 9 heavy (non-hydrogen) atoms. The monoisotopic (exact) mass is 127 g/mol. The van der Waals surface area contributed by atoms with E-state index in [4.69, 9.17) is 5.53 Å². The van der Waals surface area contributed by atoms with Crippen molar-refractivity contribution >= 4 is 0 Å². The minimum Gasteiger partial charge on any atom is -0.0904 e. The predicted molar refractivity (Wildman–Crippen MR) is 38.1 cm³/mol. The molecule has 0 saturated carbocycles. The molecule has 1 unspecified atom stereocenters. The van der Waals surface area contributed by atoms with E-state index in [1.54, 1.807) is 0 Å². The summed E-state index contributed by atoms with van der Waals surface area (Å²) in [4.78, 5) is 2.73. The van der Waals surface area contributed by atoms with Gasteiger partial charge >= 0.3 is 0 Å². The van der Waals surface area contributed by atoms with Crippen molar-refractivity contribution in [1.29, 1.82) is 0 Å². The van der Waals surface area contributed by atoms with Gasteiger partial charge in [0, 0.05) is 11.0 Å². The molecule has 0 fully saturated rings. The summed E-state index contributed by atoms with van der Waals surface area (Å²) in [5, 5.41) is 3.58. The molecule has 3 nitrogen and oxygen atoms in total. The van der Waals surface area contributed by atoms with Gasteiger partial charge in [-0.3, -0.25) is 0 Å². The van der Waals surface area contributed by atoms with Gasteiger partial charge in [-0.05, 0) is 10.9 Å². The van der Waals surface area contributed by atoms with Crippen LogP contribution in [0.25, 0.3) is 10.4 Å². The molecule has 0 aromatic carbocycles. The van der Waals surface area contributed by atoms with Gasteiger partial charge in [-0.1, -0.05) is 32.8 Å². The van der Waals surface area contributed by atoms with Crippen LogP contribution in [0.5, 0.6) is 0 Å². The van der Waals surface area contributed by atoms with Crippen LogP contribution in [0.15, 0.2) is 5.11 Å². The maximum absolute atomic E-state index is 8.06. The summed E-state index contributed by atoms with van der Waals surface area (Å²) in [6.07, 6.45) is 0. The van der Waals surface area contributed by atoms with E-state index in [9.17, 15) is 0 Å². The minimum absolute atomic E-state index is 0.0718. The lowest BCUT2D eigenvalue weighted by Crippen LogP contribution is -2.19. The van der Waals surface area contributed by atoms with Crippen molar-refractivity contribution < 1.29 is 0 Å².